The maximum Gasteiger partial charge on any atom is 0.235 e. The Morgan fingerprint density at radius 3 is 2.97 bits per heavy atom. The third-order valence-corrected chi connectivity index (χ3v) is 8.54. The highest BCUT2D eigenvalue weighted by Gasteiger charge is 2.26. The highest BCUT2D eigenvalue weighted by Crippen LogP contribution is 2.40. The van der Waals surface area contributed by atoms with Crippen LogP contribution in [0.3, 0.4) is 0 Å². The zero-order chi connectivity index (χ0) is 24.2. The first-order valence-corrected chi connectivity index (χ1v) is 13.4. The van der Waals surface area contributed by atoms with Gasteiger partial charge in [-0.15, -0.1) is 21.5 Å². The van der Waals surface area contributed by atoms with Crippen LogP contribution >= 0.6 is 46.3 Å². The summed E-state index contributed by atoms with van der Waals surface area (Å²) in [6.45, 7) is 2.37. The van der Waals surface area contributed by atoms with Crippen LogP contribution in [0.25, 0.3) is 0 Å². The van der Waals surface area contributed by atoms with Crippen molar-refractivity contribution >= 4 is 57.2 Å². The van der Waals surface area contributed by atoms with Crippen LogP contribution in [0.15, 0.2) is 23.4 Å². The number of hydrogen-bond acceptors (Lipinski definition) is 7. The molecule has 0 bridgehead atoms. The van der Waals surface area contributed by atoms with E-state index in [4.69, 9.17) is 27.9 Å². The number of carbonyl (C=O) groups excluding carboxylic acids is 1. The molecule has 0 saturated heterocycles. The van der Waals surface area contributed by atoms with Crippen LogP contribution in [0.4, 0.5) is 5.00 Å². The van der Waals surface area contributed by atoms with Gasteiger partial charge in [-0.3, -0.25) is 4.79 Å². The van der Waals surface area contributed by atoms with Gasteiger partial charge in [-0.05, 0) is 48.9 Å². The lowest BCUT2D eigenvalue weighted by Gasteiger charge is -2.20. The summed E-state index contributed by atoms with van der Waals surface area (Å²) in [5.74, 6) is 1.72. The number of nitrogens with one attached hydrogen (secondary N) is 1. The molecule has 1 atom stereocenters. The number of thioether (sulfide) groups is 1. The fourth-order valence-corrected chi connectivity index (χ4v) is 6.35. The lowest BCUT2D eigenvalue weighted by molar-refractivity contribution is -0.113. The first-order valence-electron chi connectivity index (χ1n) is 10.8. The Bertz CT molecular complexity index is 1250. The Balaban J connectivity index is 1.35. The normalized spacial score (nSPS) is 15.0. The van der Waals surface area contributed by atoms with Gasteiger partial charge in [0.25, 0.3) is 0 Å². The van der Waals surface area contributed by atoms with Gasteiger partial charge in [-0.1, -0.05) is 48.3 Å². The van der Waals surface area contributed by atoms with E-state index in [1.807, 2.05) is 7.05 Å². The number of carbonyl (C=O) groups is 1. The van der Waals surface area contributed by atoms with E-state index in [1.165, 1.54) is 28.0 Å². The summed E-state index contributed by atoms with van der Waals surface area (Å²) in [7, 11) is 1.81. The smallest absolute Gasteiger partial charge is 0.235 e. The molecule has 3 aromatic rings. The number of nitrogens with zero attached hydrogens (tertiary/aromatic N) is 4. The zero-order valence-corrected chi connectivity index (χ0v) is 21.9. The number of halogens is 2. The van der Waals surface area contributed by atoms with E-state index in [1.54, 1.807) is 22.8 Å². The van der Waals surface area contributed by atoms with Gasteiger partial charge in [0, 0.05) is 16.9 Å². The predicted octanol–water partition coefficient (Wildman–Crippen LogP) is 5.88. The molecular formula is C23H23Cl2N5O2S2. The van der Waals surface area contributed by atoms with E-state index in [-0.39, 0.29) is 18.3 Å². The van der Waals surface area contributed by atoms with E-state index in [0.29, 0.717) is 43.3 Å². The van der Waals surface area contributed by atoms with Crippen LogP contribution in [0.5, 0.6) is 5.75 Å². The molecule has 11 heteroatoms. The van der Waals surface area contributed by atoms with Crippen molar-refractivity contribution in [3.05, 3.63) is 50.1 Å². The molecular weight excluding hydrogens is 513 g/mol. The summed E-state index contributed by atoms with van der Waals surface area (Å²) in [5.41, 5.74) is 1.73. The third kappa shape index (κ3) is 5.52. The average molecular weight is 537 g/mol. The van der Waals surface area contributed by atoms with Gasteiger partial charge >= 0.3 is 0 Å². The van der Waals surface area contributed by atoms with Crippen molar-refractivity contribution in [2.24, 2.45) is 13.0 Å². The van der Waals surface area contributed by atoms with Crippen molar-refractivity contribution in [2.75, 3.05) is 11.1 Å². The van der Waals surface area contributed by atoms with Gasteiger partial charge in [-0.25, -0.2) is 0 Å². The zero-order valence-electron chi connectivity index (χ0n) is 18.7. The largest absolute Gasteiger partial charge is 0.484 e. The summed E-state index contributed by atoms with van der Waals surface area (Å²) in [5, 5.41) is 23.1. The molecule has 7 nitrogen and oxygen atoms in total. The van der Waals surface area contributed by atoms with Gasteiger partial charge in [-0.2, -0.15) is 5.26 Å². The summed E-state index contributed by atoms with van der Waals surface area (Å²) in [4.78, 5) is 13.9. The van der Waals surface area contributed by atoms with Crippen LogP contribution in [-0.4, -0.2) is 26.4 Å². The van der Waals surface area contributed by atoms with E-state index >= 15 is 0 Å². The number of fused-ring (bicyclic) bond motifs is 1. The monoisotopic (exact) mass is 535 g/mol. The van der Waals surface area contributed by atoms with Crippen molar-refractivity contribution in [3.63, 3.8) is 0 Å². The van der Waals surface area contributed by atoms with Crippen molar-refractivity contribution in [2.45, 2.75) is 44.4 Å². The van der Waals surface area contributed by atoms with Crippen LogP contribution in [-0.2, 0) is 31.3 Å². The summed E-state index contributed by atoms with van der Waals surface area (Å²) in [6.07, 6.45) is 4.12. The maximum absolute atomic E-state index is 12.6. The number of aromatic nitrogens is 3. The fourth-order valence-electron chi connectivity index (χ4n) is 3.83. The maximum atomic E-state index is 12.6. The molecule has 2 heterocycles. The molecule has 1 aromatic carbocycles. The first kappa shape index (κ1) is 24.9. The SMILES string of the molecule is CCC1CCc2c(sc(NC(=O)CSc3nnc(COc4ccc(Cl)cc4Cl)n3C)c2C#N)C1. The summed E-state index contributed by atoms with van der Waals surface area (Å²) >= 11 is 14.9. The number of ether oxygens (including phenoxy) is 1. The minimum Gasteiger partial charge on any atom is -0.484 e. The highest BCUT2D eigenvalue weighted by atomic mass is 35.5. The van der Waals surface area contributed by atoms with Crippen LogP contribution in [0.1, 0.15) is 41.6 Å². The van der Waals surface area contributed by atoms with Crippen molar-refractivity contribution in [1.82, 2.24) is 14.8 Å². The Labute approximate surface area is 216 Å². The van der Waals surface area contributed by atoms with Gasteiger partial charge in [0.2, 0.25) is 5.91 Å². The second kappa shape index (κ2) is 11.0. The van der Waals surface area contributed by atoms with Crippen LogP contribution in [0.2, 0.25) is 10.0 Å². The van der Waals surface area contributed by atoms with Gasteiger partial charge < -0.3 is 14.6 Å². The van der Waals surface area contributed by atoms with Gasteiger partial charge in [0.1, 0.15) is 23.4 Å². The molecule has 0 saturated carbocycles. The second-order valence-electron chi connectivity index (χ2n) is 7.99. The Kier molecular flexibility index (Phi) is 8.04. The van der Waals surface area contributed by atoms with E-state index in [2.05, 4.69) is 28.5 Å². The Hall–Kier alpha value is -2.25. The molecule has 0 spiro atoms. The molecule has 2 aromatic heterocycles. The molecule has 0 aliphatic heterocycles. The number of rotatable bonds is 8. The molecule has 4 rings (SSSR count). The van der Waals surface area contributed by atoms with Gasteiger partial charge in [0.05, 0.1) is 16.3 Å². The second-order valence-corrected chi connectivity index (χ2v) is 10.9. The van der Waals surface area contributed by atoms with Crippen LogP contribution < -0.4 is 10.1 Å². The Morgan fingerprint density at radius 2 is 2.24 bits per heavy atom. The standard InChI is InChI=1S/C23H23Cl2N5O2S2/c1-3-13-4-6-15-16(10-26)22(34-19(15)8-13)27-21(31)12-33-23-29-28-20(30(23)2)11-32-18-7-5-14(24)9-17(18)25/h5,7,9,13H,3-4,6,8,11-12H2,1-2H3,(H,27,31). The van der Waals surface area contributed by atoms with Crippen molar-refractivity contribution in [1.29, 1.82) is 5.26 Å². The number of anilines is 1. The molecule has 0 radical (unpaired) electrons. The van der Waals surface area contributed by atoms with Gasteiger partial charge in [0.15, 0.2) is 11.0 Å². The molecule has 178 valence electrons. The quantitative estimate of drug-likeness (QED) is 0.362. The molecule has 0 fully saturated rings. The third-order valence-electron chi connectivity index (χ3n) is 5.82. The summed E-state index contributed by atoms with van der Waals surface area (Å²) < 4.78 is 7.50. The molecule has 34 heavy (non-hydrogen) atoms. The molecule has 1 aliphatic rings. The fraction of sp³-hybridized carbons (Fsp3) is 0.391. The minimum absolute atomic E-state index is 0.154. The first-order chi connectivity index (χ1) is 16.4. The highest BCUT2D eigenvalue weighted by molar-refractivity contribution is 7.99. The lowest BCUT2D eigenvalue weighted by Crippen LogP contribution is -2.15. The van der Waals surface area contributed by atoms with E-state index < -0.39 is 0 Å². The number of nitriles is 1. The number of thiophene rings is 1. The number of hydrogen-bond donors (Lipinski definition) is 1. The number of amides is 1. The lowest BCUT2D eigenvalue weighted by atomic mass is 9.86. The molecule has 1 aliphatic carbocycles. The van der Waals surface area contributed by atoms with Crippen molar-refractivity contribution < 1.29 is 9.53 Å². The van der Waals surface area contributed by atoms with Crippen LogP contribution in [0, 0.1) is 17.2 Å². The average Bonchev–Trinajstić information content (AvgIpc) is 3.35. The topological polar surface area (TPSA) is 92.8 Å². The van der Waals surface area contributed by atoms with E-state index in [0.717, 1.165) is 31.2 Å². The van der Waals surface area contributed by atoms with E-state index in [9.17, 15) is 10.1 Å². The predicted molar refractivity (Wildman–Crippen MR) is 136 cm³/mol. The minimum atomic E-state index is -0.180. The molecule has 1 N–H and O–H groups in total. The number of benzene rings is 1. The van der Waals surface area contributed by atoms with Crippen molar-refractivity contribution in [3.8, 4) is 11.8 Å². The summed E-state index contributed by atoms with van der Waals surface area (Å²) in [6, 6.07) is 7.30. The molecule has 1 amide bonds. The molecule has 1 unspecified atom stereocenters. The Morgan fingerprint density at radius 1 is 1.41 bits per heavy atom.